The standard InChI is InChI=1S/C28H50O4S.Na/c1-4-7-9-11-13-15-17-20-25-22-23-26(21-18-16-14-12-10-8-5-2)27(24-25)32-28(19-6-3)33(29,30)31;/h22-24,28H,4-21H2,1-3H3,(H,29,30,31);/q;+1/p-1. The second-order valence-electron chi connectivity index (χ2n) is 9.51. The van der Waals surface area contributed by atoms with Gasteiger partial charge < -0.3 is 9.29 Å². The third kappa shape index (κ3) is 15.8. The minimum atomic E-state index is -4.50. The van der Waals surface area contributed by atoms with Crippen molar-refractivity contribution in [3.05, 3.63) is 29.3 Å². The smallest absolute Gasteiger partial charge is 0.745 e. The van der Waals surface area contributed by atoms with E-state index in [0.29, 0.717) is 12.2 Å². The van der Waals surface area contributed by atoms with E-state index in [9.17, 15) is 13.0 Å². The molecule has 0 aromatic heterocycles. The second-order valence-corrected chi connectivity index (χ2v) is 11.0. The Kier molecular flexibility index (Phi) is 21.0. The molecular weight excluding hydrogens is 455 g/mol. The number of hydrogen-bond acceptors (Lipinski definition) is 4. The average molecular weight is 505 g/mol. The molecule has 0 heterocycles. The van der Waals surface area contributed by atoms with Gasteiger partial charge in [0.25, 0.3) is 0 Å². The summed E-state index contributed by atoms with van der Waals surface area (Å²) >= 11 is 0. The van der Waals surface area contributed by atoms with E-state index in [1.54, 1.807) is 0 Å². The topological polar surface area (TPSA) is 66.4 Å². The van der Waals surface area contributed by atoms with Crippen molar-refractivity contribution in [3.63, 3.8) is 0 Å². The van der Waals surface area contributed by atoms with Crippen molar-refractivity contribution in [2.45, 2.75) is 142 Å². The van der Waals surface area contributed by atoms with Gasteiger partial charge in [-0.3, -0.25) is 0 Å². The van der Waals surface area contributed by atoms with Gasteiger partial charge in [-0.2, -0.15) is 0 Å². The number of ether oxygens (including phenoxy) is 1. The van der Waals surface area contributed by atoms with Crippen LogP contribution < -0.4 is 34.3 Å². The Bertz CT molecular complexity index is 721. The molecule has 4 nitrogen and oxygen atoms in total. The third-order valence-corrected chi connectivity index (χ3v) is 7.33. The molecular formula is C28H49NaO4S. The molecule has 1 atom stereocenters. The van der Waals surface area contributed by atoms with E-state index >= 15 is 0 Å². The number of rotatable bonds is 21. The summed E-state index contributed by atoms with van der Waals surface area (Å²) in [6.07, 6.45) is 20.1. The quantitative estimate of drug-likeness (QED) is 0.129. The Balaban J connectivity index is 0.0000109. The first-order chi connectivity index (χ1) is 15.9. The van der Waals surface area contributed by atoms with Crippen molar-refractivity contribution in [3.8, 4) is 5.75 Å². The van der Waals surface area contributed by atoms with E-state index < -0.39 is 15.6 Å². The number of hydrogen-bond donors (Lipinski definition) is 0. The van der Waals surface area contributed by atoms with Gasteiger partial charge in [0.1, 0.15) is 15.9 Å². The Morgan fingerprint density at radius 2 is 1.24 bits per heavy atom. The Hall–Kier alpha value is -0.0700. The van der Waals surface area contributed by atoms with Crippen LogP contribution in [0.2, 0.25) is 0 Å². The molecule has 0 aliphatic rings. The fraction of sp³-hybridized carbons (Fsp3) is 0.786. The molecule has 0 saturated carbocycles. The summed E-state index contributed by atoms with van der Waals surface area (Å²) in [4.78, 5) is 0. The largest absolute Gasteiger partial charge is 1.00 e. The van der Waals surface area contributed by atoms with Crippen LogP contribution in [0.15, 0.2) is 18.2 Å². The zero-order valence-electron chi connectivity index (χ0n) is 22.6. The van der Waals surface area contributed by atoms with E-state index in [4.69, 9.17) is 4.74 Å². The maximum atomic E-state index is 11.7. The molecule has 0 aliphatic carbocycles. The van der Waals surface area contributed by atoms with E-state index in [1.165, 1.54) is 82.6 Å². The number of aryl methyl sites for hydroxylation is 2. The molecule has 1 aromatic carbocycles. The van der Waals surface area contributed by atoms with Crippen LogP contribution in [-0.4, -0.2) is 18.4 Å². The minimum Gasteiger partial charge on any atom is -0.745 e. The molecule has 0 aliphatic heterocycles. The molecule has 1 aromatic rings. The van der Waals surface area contributed by atoms with Gasteiger partial charge in [0, 0.05) is 0 Å². The SMILES string of the molecule is CCCCCCCCCc1ccc(CCCCCCCCC)c(OC(CCC)S(=O)(=O)[O-])c1.[Na+]. The van der Waals surface area contributed by atoms with Crippen molar-refractivity contribution in [2.24, 2.45) is 0 Å². The molecule has 0 fully saturated rings. The molecule has 0 radical (unpaired) electrons. The van der Waals surface area contributed by atoms with Gasteiger partial charge >= 0.3 is 29.6 Å². The molecule has 34 heavy (non-hydrogen) atoms. The van der Waals surface area contributed by atoms with Gasteiger partial charge in [-0.15, -0.1) is 0 Å². The molecule has 6 heteroatoms. The minimum absolute atomic E-state index is 0. The summed E-state index contributed by atoms with van der Waals surface area (Å²) in [6.45, 7) is 6.34. The first-order valence-electron chi connectivity index (χ1n) is 13.7. The Morgan fingerprint density at radius 1 is 0.735 bits per heavy atom. The van der Waals surface area contributed by atoms with Gasteiger partial charge in [0.15, 0.2) is 5.44 Å². The summed E-state index contributed by atoms with van der Waals surface area (Å²) in [5.74, 6) is 0.597. The zero-order valence-corrected chi connectivity index (χ0v) is 25.4. The molecule has 192 valence electrons. The van der Waals surface area contributed by atoms with Crippen LogP contribution in [-0.2, 0) is 23.0 Å². The summed E-state index contributed by atoms with van der Waals surface area (Å²) in [5.41, 5.74) is 0.890. The maximum Gasteiger partial charge on any atom is 1.00 e. The first kappa shape index (κ1) is 33.9. The van der Waals surface area contributed by atoms with Crippen LogP contribution in [0.1, 0.15) is 135 Å². The predicted molar refractivity (Wildman–Crippen MR) is 139 cm³/mol. The van der Waals surface area contributed by atoms with Crippen molar-refractivity contribution in [1.82, 2.24) is 0 Å². The predicted octanol–water partition coefficient (Wildman–Crippen LogP) is 5.33. The molecule has 1 rings (SSSR count). The first-order valence-corrected chi connectivity index (χ1v) is 15.1. The summed E-state index contributed by atoms with van der Waals surface area (Å²) in [5, 5.41) is 0. The van der Waals surface area contributed by atoms with Crippen LogP contribution in [0.4, 0.5) is 0 Å². The number of benzene rings is 1. The molecule has 0 spiro atoms. The van der Waals surface area contributed by atoms with Crippen molar-refractivity contribution >= 4 is 10.1 Å². The van der Waals surface area contributed by atoms with Gasteiger partial charge in [-0.1, -0.05) is 116 Å². The van der Waals surface area contributed by atoms with Crippen molar-refractivity contribution in [2.75, 3.05) is 0 Å². The van der Waals surface area contributed by atoms with Gasteiger partial charge in [-0.05, 0) is 49.3 Å². The maximum absolute atomic E-state index is 11.7. The van der Waals surface area contributed by atoms with E-state index in [0.717, 1.165) is 31.2 Å². The molecule has 0 amide bonds. The summed E-state index contributed by atoms with van der Waals surface area (Å²) < 4.78 is 41.1. The Labute approximate surface area is 233 Å². The Morgan fingerprint density at radius 3 is 1.74 bits per heavy atom. The second kappa shape index (κ2) is 21.1. The average Bonchev–Trinajstić information content (AvgIpc) is 2.78. The van der Waals surface area contributed by atoms with Gasteiger partial charge in [-0.25, -0.2) is 8.42 Å². The fourth-order valence-electron chi connectivity index (χ4n) is 4.27. The molecule has 0 saturated heterocycles. The summed E-state index contributed by atoms with van der Waals surface area (Å²) in [6, 6.07) is 6.23. The van der Waals surface area contributed by atoms with Crippen LogP contribution in [0.5, 0.6) is 5.75 Å². The van der Waals surface area contributed by atoms with Crippen LogP contribution >= 0.6 is 0 Å². The molecule has 0 N–H and O–H groups in total. The number of unbranched alkanes of at least 4 members (excludes halogenated alkanes) is 12. The third-order valence-electron chi connectivity index (χ3n) is 6.36. The molecule has 1 unspecified atom stereocenters. The zero-order chi connectivity index (χ0) is 24.4. The summed E-state index contributed by atoms with van der Waals surface area (Å²) in [7, 11) is -4.50. The van der Waals surface area contributed by atoms with Crippen LogP contribution in [0.25, 0.3) is 0 Å². The van der Waals surface area contributed by atoms with Crippen LogP contribution in [0.3, 0.4) is 0 Å². The van der Waals surface area contributed by atoms with E-state index in [-0.39, 0.29) is 36.0 Å². The van der Waals surface area contributed by atoms with Crippen LogP contribution in [0, 0.1) is 0 Å². The monoisotopic (exact) mass is 504 g/mol. The fourth-order valence-corrected chi connectivity index (χ4v) is 5.01. The van der Waals surface area contributed by atoms with Gasteiger partial charge in [0.2, 0.25) is 0 Å². The van der Waals surface area contributed by atoms with Gasteiger partial charge in [0.05, 0.1) is 0 Å². The van der Waals surface area contributed by atoms with E-state index in [1.807, 2.05) is 13.0 Å². The van der Waals surface area contributed by atoms with Crippen molar-refractivity contribution < 1.29 is 47.3 Å². The van der Waals surface area contributed by atoms with E-state index in [2.05, 4.69) is 26.0 Å². The van der Waals surface area contributed by atoms with Crippen molar-refractivity contribution in [1.29, 1.82) is 0 Å². The normalized spacial score (nSPS) is 12.4. The molecule has 0 bridgehead atoms.